The van der Waals surface area contributed by atoms with E-state index >= 15 is 0 Å². The summed E-state index contributed by atoms with van der Waals surface area (Å²) in [5, 5.41) is 8.97. The van der Waals surface area contributed by atoms with Crippen molar-refractivity contribution in [2.75, 3.05) is 6.61 Å². The van der Waals surface area contributed by atoms with Gasteiger partial charge in [-0.05, 0) is 36.5 Å². The summed E-state index contributed by atoms with van der Waals surface area (Å²) in [4.78, 5) is 0. The van der Waals surface area contributed by atoms with E-state index in [9.17, 15) is 0 Å². The molecule has 1 atom stereocenters. The number of rotatable bonds is 6. The van der Waals surface area contributed by atoms with Crippen molar-refractivity contribution in [1.29, 1.82) is 0 Å². The minimum absolute atomic E-state index is 0.0631. The fourth-order valence-electron chi connectivity index (χ4n) is 2.05. The van der Waals surface area contributed by atoms with E-state index < -0.39 is 8.32 Å². The van der Waals surface area contributed by atoms with Gasteiger partial charge in [0.15, 0.2) is 8.32 Å². The lowest BCUT2D eigenvalue weighted by Gasteiger charge is -2.39. The molecule has 0 aromatic heterocycles. The third-order valence-corrected chi connectivity index (χ3v) is 8.90. The summed E-state index contributed by atoms with van der Waals surface area (Å²) in [6.07, 6.45) is 2.80. The summed E-state index contributed by atoms with van der Waals surface area (Å²) >= 11 is 0. The molecular weight excluding hydrogens is 288 g/mol. The number of hydrogen-bond acceptors (Lipinski definition) is 2. The first kappa shape index (κ1) is 19.0. The second kappa shape index (κ2) is 8.52. The van der Waals surface area contributed by atoms with E-state index in [1.807, 2.05) is 6.07 Å². The van der Waals surface area contributed by atoms with Gasteiger partial charge < -0.3 is 9.53 Å². The van der Waals surface area contributed by atoms with Gasteiger partial charge in [-0.2, -0.15) is 0 Å². The van der Waals surface area contributed by atoms with Gasteiger partial charge in [0, 0.05) is 12.5 Å². The fourth-order valence-corrected chi connectivity index (χ4v) is 3.44. The zero-order valence-corrected chi connectivity index (χ0v) is 15.6. The Labute approximate surface area is 137 Å². The van der Waals surface area contributed by atoms with Crippen LogP contribution in [-0.4, -0.2) is 26.1 Å². The van der Waals surface area contributed by atoms with E-state index in [0.717, 1.165) is 19.3 Å². The molecule has 0 saturated carbocycles. The highest BCUT2D eigenvalue weighted by atomic mass is 28.4. The van der Waals surface area contributed by atoms with Gasteiger partial charge in [-0.25, -0.2) is 0 Å². The Bertz CT molecular complexity index is 492. The van der Waals surface area contributed by atoms with Crippen molar-refractivity contribution >= 4 is 8.32 Å². The molecule has 0 saturated heterocycles. The van der Waals surface area contributed by atoms with Crippen LogP contribution in [0.1, 0.15) is 39.2 Å². The van der Waals surface area contributed by atoms with Crippen LogP contribution in [0.4, 0.5) is 0 Å². The lowest BCUT2D eigenvalue weighted by Crippen LogP contribution is -2.44. The lowest BCUT2D eigenvalue weighted by molar-refractivity contribution is 0.172. The minimum Gasteiger partial charge on any atom is -0.414 e. The maximum absolute atomic E-state index is 8.76. The molecule has 0 amide bonds. The molecule has 1 aromatic carbocycles. The Kier molecular flexibility index (Phi) is 7.35. The van der Waals surface area contributed by atoms with Crippen LogP contribution in [0.2, 0.25) is 18.1 Å². The Morgan fingerprint density at radius 2 is 1.77 bits per heavy atom. The smallest absolute Gasteiger partial charge is 0.192 e. The predicted molar refractivity (Wildman–Crippen MR) is 96.3 cm³/mol. The van der Waals surface area contributed by atoms with Crippen molar-refractivity contribution < 1.29 is 9.53 Å². The molecular formula is C19H30O2Si. The van der Waals surface area contributed by atoms with Crippen LogP contribution in [0.3, 0.4) is 0 Å². The molecule has 3 heteroatoms. The first-order valence-electron chi connectivity index (χ1n) is 8.04. The maximum Gasteiger partial charge on any atom is 0.192 e. The van der Waals surface area contributed by atoms with Crippen LogP contribution in [0, 0.1) is 11.8 Å². The molecule has 0 aliphatic carbocycles. The number of aliphatic hydroxyl groups excluding tert-OH is 1. The lowest BCUT2D eigenvalue weighted by atomic mass is 10.0. The highest BCUT2D eigenvalue weighted by Gasteiger charge is 2.38. The summed E-state index contributed by atoms with van der Waals surface area (Å²) in [5.41, 5.74) is 1.31. The van der Waals surface area contributed by atoms with Crippen molar-refractivity contribution in [2.24, 2.45) is 0 Å². The van der Waals surface area contributed by atoms with E-state index in [4.69, 9.17) is 9.53 Å². The summed E-state index contributed by atoms with van der Waals surface area (Å²) in [6.45, 7) is 11.3. The molecule has 0 radical (unpaired) electrons. The van der Waals surface area contributed by atoms with Crippen molar-refractivity contribution in [3.8, 4) is 11.8 Å². The number of aliphatic hydroxyl groups is 1. The summed E-state index contributed by atoms with van der Waals surface area (Å²) < 4.78 is 6.60. The Morgan fingerprint density at radius 3 is 2.32 bits per heavy atom. The second-order valence-electron chi connectivity index (χ2n) is 7.24. The predicted octanol–water partition coefficient (Wildman–Crippen LogP) is 4.40. The zero-order valence-electron chi connectivity index (χ0n) is 14.6. The highest BCUT2D eigenvalue weighted by Crippen LogP contribution is 2.38. The third kappa shape index (κ3) is 6.35. The molecule has 0 unspecified atom stereocenters. The molecule has 0 aliphatic rings. The van der Waals surface area contributed by atoms with Crippen molar-refractivity contribution in [1.82, 2.24) is 0 Å². The van der Waals surface area contributed by atoms with Crippen LogP contribution < -0.4 is 0 Å². The van der Waals surface area contributed by atoms with Crippen molar-refractivity contribution in [2.45, 2.75) is 64.3 Å². The van der Waals surface area contributed by atoms with E-state index in [0.29, 0.717) is 0 Å². The quantitative estimate of drug-likeness (QED) is 0.622. The summed E-state index contributed by atoms with van der Waals surface area (Å²) in [6, 6.07) is 10.5. The van der Waals surface area contributed by atoms with Crippen LogP contribution in [0.5, 0.6) is 0 Å². The number of benzene rings is 1. The number of hydrogen-bond donors (Lipinski definition) is 1. The molecule has 0 heterocycles. The van der Waals surface area contributed by atoms with Gasteiger partial charge in [-0.1, -0.05) is 57.0 Å². The maximum atomic E-state index is 8.76. The van der Waals surface area contributed by atoms with Gasteiger partial charge >= 0.3 is 0 Å². The monoisotopic (exact) mass is 318 g/mol. The van der Waals surface area contributed by atoms with Crippen LogP contribution >= 0.6 is 0 Å². The SMILES string of the molecule is CC(C)(C)[Si](C)(C)O[C@H](CCC#CCO)Cc1ccccc1. The van der Waals surface area contributed by atoms with E-state index in [2.05, 4.69) is 70.0 Å². The fraction of sp³-hybridized carbons (Fsp3) is 0.579. The topological polar surface area (TPSA) is 29.5 Å². The summed E-state index contributed by atoms with van der Waals surface area (Å²) in [5.74, 6) is 5.73. The Hall–Kier alpha value is -1.08. The molecule has 1 aromatic rings. The molecule has 0 aliphatic heterocycles. The van der Waals surface area contributed by atoms with Gasteiger partial charge in [0.05, 0.1) is 0 Å². The standard InChI is InChI=1S/C19H30O2Si/c1-19(2,3)22(4,5)21-18(14-10-7-11-15-20)16-17-12-8-6-9-13-17/h6,8-9,12-13,18,20H,10,14-16H2,1-5H3/t18-/m1/s1. The Morgan fingerprint density at radius 1 is 1.14 bits per heavy atom. The van der Waals surface area contributed by atoms with Gasteiger partial charge in [0.1, 0.15) is 6.61 Å². The molecule has 0 spiro atoms. The third-order valence-electron chi connectivity index (χ3n) is 4.37. The van der Waals surface area contributed by atoms with Gasteiger partial charge in [-0.3, -0.25) is 0 Å². The normalized spacial score (nSPS) is 13.4. The molecule has 0 fully saturated rings. The molecule has 22 heavy (non-hydrogen) atoms. The molecule has 1 N–H and O–H groups in total. The van der Waals surface area contributed by atoms with Gasteiger partial charge in [0.25, 0.3) is 0 Å². The van der Waals surface area contributed by atoms with Crippen molar-refractivity contribution in [3.05, 3.63) is 35.9 Å². The average Bonchev–Trinajstić information content (AvgIpc) is 2.43. The second-order valence-corrected chi connectivity index (χ2v) is 12.0. The van der Waals surface area contributed by atoms with E-state index in [1.54, 1.807) is 0 Å². The molecule has 2 nitrogen and oxygen atoms in total. The van der Waals surface area contributed by atoms with Crippen LogP contribution in [0.25, 0.3) is 0 Å². The molecule has 0 bridgehead atoms. The average molecular weight is 319 g/mol. The van der Waals surface area contributed by atoms with Gasteiger partial charge in [0.2, 0.25) is 0 Å². The zero-order chi connectivity index (χ0) is 16.6. The first-order chi connectivity index (χ1) is 10.3. The minimum atomic E-state index is -1.79. The molecule has 122 valence electrons. The highest BCUT2D eigenvalue weighted by molar-refractivity contribution is 6.74. The van der Waals surface area contributed by atoms with Crippen LogP contribution in [-0.2, 0) is 10.8 Å². The van der Waals surface area contributed by atoms with Crippen molar-refractivity contribution in [3.63, 3.8) is 0 Å². The van der Waals surface area contributed by atoms with E-state index in [-0.39, 0.29) is 17.7 Å². The van der Waals surface area contributed by atoms with Gasteiger partial charge in [-0.15, -0.1) is 5.92 Å². The summed E-state index contributed by atoms with van der Waals surface area (Å²) in [7, 11) is -1.79. The Balaban J connectivity index is 2.77. The largest absolute Gasteiger partial charge is 0.414 e. The van der Waals surface area contributed by atoms with Crippen LogP contribution in [0.15, 0.2) is 30.3 Å². The molecule has 1 rings (SSSR count). The van der Waals surface area contributed by atoms with E-state index in [1.165, 1.54) is 5.56 Å². The first-order valence-corrected chi connectivity index (χ1v) is 11.0.